The topological polar surface area (TPSA) is 77.1 Å². The number of benzene rings is 2. The average molecular weight is 401 g/mol. The van der Waals surface area contributed by atoms with Crippen molar-refractivity contribution >= 4 is 23.5 Å². The van der Waals surface area contributed by atoms with E-state index in [0.717, 1.165) is 24.2 Å². The zero-order chi connectivity index (χ0) is 19.9. The molecule has 0 aliphatic rings. The van der Waals surface area contributed by atoms with Crippen LogP contribution in [0.2, 0.25) is 5.02 Å². The molecule has 3 rings (SSSR count). The van der Waals surface area contributed by atoms with Gasteiger partial charge in [0.05, 0.1) is 30.6 Å². The Bertz CT molecular complexity index is 952. The molecule has 1 heterocycles. The van der Waals surface area contributed by atoms with E-state index in [2.05, 4.69) is 16.9 Å². The van der Waals surface area contributed by atoms with Crippen LogP contribution in [0.5, 0.6) is 17.4 Å². The molecular formula is C21H21ClN2O4. The second kappa shape index (κ2) is 9.28. The van der Waals surface area contributed by atoms with E-state index < -0.39 is 0 Å². The van der Waals surface area contributed by atoms with E-state index >= 15 is 0 Å². The SMILES string of the molecule is CCCCOc1ccc(-c2nc(C=Nc3ccc(OC)c(Cl)c3)c(O)o2)cc1. The number of rotatable bonds is 8. The standard InChI is InChI=1S/C21H21ClN2O4/c1-3-4-11-27-16-8-5-14(6-9-16)20-24-18(21(25)28-20)13-23-15-7-10-19(26-2)17(22)12-15/h5-10,12-13,25H,3-4,11H2,1-2H3. The van der Waals surface area contributed by atoms with Gasteiger partial charge in [-0.05, 0) is 48.9 Å². The third kappa shape index (κ3) is 4.84. The van der Waals surface area contributed by atoms with Gasteiger partial charge < -0.3 is 19.0 Å². The molecule has 0 fully saturated rings. The highest BCUT2D eigenvalue weighted by atomic mass is 35.5. The van der Waals surface area contributed by atoms with Crippen LogP contribution in [0.15, 0.2) is 51.9 Å². The maximum absolute atomic E-state index is 10.0. The monoisotopic (exact) mass is 400 g/mol. The maximum atomic E-state index is 10.0. The molecule has 0 atom stereocenters. The van der Waals surface area contributed by atoms with Crippen molar-refractivity contribution < 1.29 is 19.0 Å². The first-order valence-corrected chi connectivity index (χ1v) is 9.29. The Morgan fingerprint density at radius 2 is 2.00 bits per heavy atom. The van der Waals surface area contributed by atoms with E-state index in [1.807, 2.05) is 24.3 Å². The summed E-state index contributed by atoms with van der Waals surface area (Å²) in [5.41, 5.74) is 1.55. The Labute approximate surface area is 168 Å². The van der Waals surface area contributed by atoms with Gasteiger partial charge >= 0.3 is 5.95 Å². The molecule has 0 saturated carbocycles. The van der Waals surface area contributed by atoms with E-state index in [1.54, 1.807) is 25.3 Å². The normalized spacial score (nSPS) is 11.1. The fraction of sp³-hybridized carbons (Fsp3) is 0.238. The molecule has 146 valence electrons. The number of aromatic nitrogens is 1. The zero-order valence-electron chi connectivity index (χ0n) is 15.7. The summed E-state index contributed by atoms with van der Waals surface area (Å²) < 4.78 is 16.1. The molecule has 0 aliphatic heterocycles. The molecule has 0 spiro atoms. The molecule has 0 aliphatic carbocycles. The minimum Gasteiger partial charge on any atom is -0.495 e. The van der Waals surface area contributed by atoms with Crippen molar-refractivity contribution in [2.45, 2.75) is 19.8 Å². The number of halogens is 1. The van der Waals surface area contributed by atoms with Crippen molar-refractivity contribution in [3.8, 4) is 28.9 Å². The second-order valence-electron chi connectivity index (χ2n) is 6.01. The highest BCUT2D eigenvalue weighted by molar-refractivity contribution is 6.32. The number of aromatic hydroxyl groups is 1. The minimum absolute atomic E-state index is 0.227. The first-order chi connectivity index (χ1) is 13.6. The van der Waals surface area contributed by atoms with Crippen LogP contribution in [-0.4, -0.2) is 30.0 Å². The molecule has 0 unspecified atom stereocenters. The van der Waals surface area contributed by atoms with Crippen LogP contribution in [-0.2, 0) is 0 Å². The summed E-state index contributed by atoms with van der Waals surface area (Å²) in [6.45, 7) is 2.80. The highest BCUT2D eigenvalue weighted by Crippen LogP contribution is 2.30. The molecule has 1 aromatic heterocycles. The number of oxazole rings is 1. The molecule has 1 N–H and O–H groups in total. The summed E-state index contributed by atoms with van der Waals surface area (Å²) in [4.78, 5) is 8.56. The lowest BCUT2D eigenvalue weighted by atomic mass is 10.2. The molecule has 0 bridgehead atoms. The summed E-state index contributed by atoms with van der Waals surface area (Å²) >= 11 is 6.09. The van der Waals surface area contributed by atoms with Crippen LogP contribution in [0.3, 0.4) is 0 Å². The number of aliphatic imine (C=N–C) groups is 1. The highest BCUT2D eigenvalue weighted by Gasteiger charge is 2.12. The molecule has 2 aromatic carbocycles. The first kappa shape index (κ1) is 19.8. The van der Waals surface area contributed by atoms with E-state index in [1.165, 1.54) is 6.21 Å². The number of nitrogens with zero attached hydrogens (tertiary/aromatic N) is 2. The van der Waals surface area contributed by atoms with E-state index in [0.29, 0.717) is 29.0 Å². The van der Waals surface area contributed by atoms with Crippen molar-refractivity contribution in [1.82, 2.24) is 4.98 Å². The van der Waals surface area contributed by atoms with Gasteiger partial charge in [0.25, 0.3) is 0 Å². The van der Waals surface area contributed by atoms with Crippen LogP contribution in [0, 0.1) is 0 Å². The van der Waals surface area contributed by atoms with Gasteiger partial charge in [-0.15, -0.1) is 0 Å². The third-order valence-corrected chi connectivity index (χ3v) is 4.27. The second-order valence-corrected chi connectivity index (χ2v) is 6.42. The van der Waals surface area contributed by atoms with Gasteiger partial charge in [-0.2, -0.15) is 0 Å². The molecule has 0 amide bonds. The van der Waals surface area contributed by atoms with Gasteiger partial charge in [-0.3, -0.25) is 4.99 Å². The summed E-state index contributed by atoms with van der Waals surface area (Å²) in [6.07, 6.45) is 3.51. The largest absolute Gasteiger partial charge is 0.495 e. The Hall–Kier alpha value is -2.99. The van der Waals surface area contributed by atoms with Gasteiger partial charge in [0.1, 0.15) is 11.5 Å². The van der Waals surface area contributed by atoms with E-state index in [9.17, 15) is 5.11 Å². The average Bonchev–Trinajstić information content (AvgIpc) is 3.08. The van der Waals surface area contributed by atoms with Crippen molar-refractivity contribution in [2.24, 2.45) is 4.99 Å². The molecular weight excluding hydrogens is 380 g/mol. The quantitative estimate of drug-likeness (QED) is 0.391. The molecule has 6 nitrogen and oxygen atoms in total. The van der Waals surface area contributed by atoms with Crippen molar-refractivity contribution in [3.05, 3.63) is 53.2 Å². The summed E-state index contributed by atoms with van der Waals surface area (Å²) in [5.74, 6) is 1.34. The minimum atomic E-state index is -0.304. The molecule has 7 heteroatoms. The lowest BCUT2D eigenvalue weighted by Crippen LogP contribution is -1.95. The maximum Gasteiger partial charge on any atom is 0.312 e. The predicted octanol–water partition coefficient (Wildman–Crippen LogP) is 5.64. The predicted molar refractivity (Wildman–Crippen MR) is 109 cm³/mol. The van der Waals surface area contributed by atoms with Gasteiger partial charge in [0.15, 0.2) is 5.69 Å². The number of hydrogen-bond donors (Lipinski definition) is 1. The first-order valence-electron chi connectivity index (χ1n) is 8.91. The fourth-order valence-corrected chi connectivity index (χ4v) is 2.68. The Balaban J connectivity index is 1.73. The number of methoxy groups -OCH3 is 1. The lowest BCUT2D eigenvalue weighted by molar-refractivity contribution is 0.309. The lowest BCUT2D eigenvalue weighted by Gasteiger charge is -2.05. The molecule has 28 heavy (non-hydrogen) atoms. The summed E-state index contributed by atoms with van der Waals surface area (Å²) in [7, 11) is 1.54. The van der Waals surface area contributed by atoms with E-state index in [4.69, 9.17) is 25.5 Å². The molecule has 0 saturated heterocycles. The van der Waals surface area contributed by atoms with E-state index in [-0.39, 0.29) is 11.6 Å². The summed E-state index contributed by atoms with van der Waals surface area (Å²) in [5, 5.41) is 10.5. The zero-order valence-corrected chi connectivity index (χ0v) is 16.4. The van der Waals surface area contributed by atoms with Gasteiger partial charge in [0.2, 0.25) is 5.89 Å². The van der Waals surface area contributed by atoms with Crippen LogP contribution < -0.4 is 9.47 Å². The third-order valence-electron chi connectivity index (χ3n) is 3.97. The Morgan fingerprint density at radius 3 is 2.68 bits per heavy atom. The number of hydrogen-bond acceptors (Lipinski definition) is 6. The summed E-state index contributed by atoms with van der Waals surface area (Å²) in [6, 6.07) is 12.5. The van der Waals surface area contributed by atoms with Gasteiger partial charge in [0, 0.05) is 5.56 Å². The Morgan fingerprint density at radius 1 is 1.21 bits per heavy atom. The smallest absolute Gasteiger partial charge is 0.312 e. The Kier molecular flexibility index (Phi) is 6.55. The van der Waals surface area contributed by atoms with Crippen LogP contribution >= 0.6 is 11.6 Å². The van der Waals surface area contributed by atoms with Crippen molar-refractivity contribution in [1.29, 1.82) is 0 Å². The van der Waals surface area contributed by atoms with Crippen LogP contribution in [0.1, 0.15) is 25.5 Å². The number of unbranched alkanes of at least 4 members (excludes halogenated alkanes) is 1. The van der Waals surface area contributed by atoms with Crippen LogP contribution in [0.4, 0.5) is 5.69 Å². The van der Waals surface area contributed by atoms with Crippen LogP contribution in [0.25, 0.3) is 11.5 Å². The molecule has 0 radical (unpaired) electrons. The van der Waals surface area contributed by atoms with Crippen molar-refractivity contribution in [2.75, 3.05) is 13.7 Å². The van der Waals surface area contributed by atoms with Crippen molar-refractivity contribution in [3.63, 3.8) is 0 Å². The van der Waals surface area contributed by atoms with Gasteiger partial charge in [-0.25, -0.2) is 4.98 Å². The molecule has 3 aromatic rings. The van der Waals surface area contributed by atoms with Gasteiger partial charge in [-0.1, -0.05) is 24.9 Å². The fourth-order valence-electron chi connectivity index (χ4n) is 2.43. The number of ether oxygens (including phenoxy) is 2.